The molecular weight excluding hydrogens is 502 g/mol. The van der Waals surface area contributed by atoms with Crippen LogP contribution in [0.1, 0.15) is 61.5 Å². The van der Waals surface area contributed by atoms with Crippen LogP contribution in [-0.2, 0) is 30.6 Å². The molecule has 0 aliphatic carbocycles. The highest BCUT2D eigenvalue weighted by Gasteiger charge is 2.52. The number of nitrogens with zero attached hydrogens (tertiary/aromatic N) is 3. The van der Waals surface area contributed by atoms with Gasteiger partial charge < -0.3 is 14.5 Å². The molecule has 0 radical (unpaired) electrons. The molecule has 2 fully saturated rings. The number of likely N-dealkylation sites (tertiary alicyclic amines) is 1. The van der Waals surface area contributed by atoms with Gasteiger partial charge in [0.05, 0.1) is 23.3 Å². The van der Waals surface area contributed by atoms with Crippen LogP contribution >= 0.6 is 0 Å². The van der Waals surface area contributed by atoms with E-state index in [2.05, 4.69) is 4.90 Å². The molecule has 1 atom stereocenters. The van der Waals surface area contributed by atoms with Crippen LogP contribution in [0.2, 0.25) is 0 Å². The molecule has 2 aromatic carbocycles. The topological polar surface area (TPSA) is 87.2 Å². The molecular formula is C29H37N3O5S. The summed E-state index contributed by atoms with van der Waals surface area (Å²) in [6, 6.07) is 15.5. The molecule has 8 nitrogen and oxygen atoms in total. The number of hydrogen-bond acceptors (Lipinski definition) is 6. The zero-order valence-electron chi connectivity index (χ0n) is 22.5. The maximum atomic E-state index is 13.7. The number of esters is 1. The van der Waals surface area contributed by atoms with Crippen LogP contribution in [0.25, 0.3) is 0 Å². The summed E-state index contributed by atoms with van der Waals surface area (Å²) in [6.07, 6.45) is 2.15. The monoisotopic (exact) mass is 539 g/mol. The van der Waals surface area contributed by atoms with Crippen LogP contribution in [0.5, 0.6) is 0 Å². The molecule has 3 aliphatic heterocycles. The number of carbonyl (C=O) groups excluding carboxylic acids is 2. The number of sulfonamides is 1. The lowest BCUT2D eigenvalue weighted by Gasteiger charge is -2.36. The first-order chi connectivity index (χ1) is 18.1. The SMILES string of the molecule is CCCCS(=O)(=O)N1CCN(c2ccc(C(C)(C)C(=O)N3CC[C@@]4(C3)OC(=O)c3ccccc34)cc2)CC1. The molecule has 0 N–H and O–H groups in total. The predicted octanol–water partition coefficient (Wildman–Crippen LogP) is 3.51. The molecule has 204 valence electrons. The van der Waals surface area contributed by atoms with E-state index in [4.69, 9.17) is 4.74 Å². The maximum absolute atomic E-state index is 13.7. The lowest BCUT2D eigenvalue weighted by Crippen LogP contribution is -2.49. The third kappa shape index (κ3) is 4.71. The zero-order valence-corrected chi connectivity index (χ0v) is 23.3. The van der Waals surface area contributed by atoms with E-state index in [0.717, 1.165) is 23.2 Å². The molecule has 0 saturated carbocycles. The molecule has 2 aromatic rings. The van der Waals surface area contributed by atoms with Gasteiger partial charge in [0.2, 0.25) is 15.9 Å². The van der Waals surface area contributed by atoms with Crippen LogP contribution in [0.15, 0.2) is 48.5 Å². The second kappa shape index (κ2) is 10.0. The number of anilines is 1. The van der Waals surface area contributed by atoms with Gasteiger partial charge in [0.15, 0.2) is 5.60 Å². The maximum Gasteiger partial charge on any atom is 0.339 e. The number of hydrogen-bond donors (Lipinski definition) is 0. The van der Waals surface area contributed by atoms with Gasteiger partial charge in [0, 0.05) is 50.4 Å². The van der Waals surface area contributed by atoms with Crippen LogP contribution in [0, 0.1) is 0 Å². The summed E-state index contributed by atoms with van der Waals surface area (Å²) >= 11 is 0. The smallest absolute Gasteiger partial charge is 0.339 e. The Morgan fingerprint density at radius 3 is 2.37 bits per heavy atom. The van der Waals surface area contributed by atoms with E-state index in [1.165, 1.54) is 0 Å². The normalized spacial score (nSPS) is 22.1. The summed E-state index contributed by atoms with van der Waals surface area (Å²) in [5, 5.41) is 0. The number of fused-ring (bicyclic) bond motifs is 2. The molecule has 1 amide bonds. The number of piperazine rings is 1. The third-order valence-corrected chi connectivity index (χ3v) is 10.3. The van der Waals surface area contributed by atoms with Gasteiger partial charge in [-0.1, -0.05) is 43.7 Å². The highest BCUT2D eigenvalue weighted by molar-refractivity contribution is 7.89. The van der Waals surface area contributed by atoms with E-state index >= 15 is 0 Å². The van der Waals surface area contributed by atoms with E-state index in [9.17, 15) is 18.0 Å². The van der Waals surface area contributed by atoms with Gasteiger partial charge in [-0.05, 0) is 44.0 Å². The van der Waals surface area contributed by atoms with Crippen molar-refractivity contribution in [2.24, 2.45) is 0 Å². The summed E-state index contributed by atoms with van der Waals surface area (Å²) in [6.45, 7) is 9.03. The molecule has 0 bridgehead atoms. The number of amides is 1. The van der Waals surface area contributed by atoms with Crippen molar-refractivity contribution in [1.82, 2.24) is 9.21 Å². The molecule has 3 aliphatic rings. The Hall–Kier alpha value is -2.91. The van der Waals surface area contributed by atoms with Crippen molar-refractivity contribution in [2.45, 2.75) is 51.0 Å². The van der Waals surface area contributed by atoms with Crippen molar-refractivity contribution in [3.8, 4) is 0 Å². The van der Waals surface area contributed by atoms with Gasteiger partial charge in [0.1, 0.15) is 0 Å². The number of unbranched alkanes of at least 4 members (excludes halogenated alkanes) is 1. The summed E-state index contributed by atoms with van der Waals surface area (Å²) in [4.78, 5) is 30.2. The first kappa shape index (κ1) is 26.7. The molecule has 3 heterocycles. The number of ether oxygens (including phenoxy) is 1. The van der Waals surface area contributed by atoms with Crippen molar-refractivity contribution in [1.29, 1.82) is 0 Å². The second-order valence-corrected chi connectivity index (χ2v) is 13.2. The van der Waals surface area contributed by atoms with Crippen molar-refractivity contribution in [2.75, 3.05) is 49.9 Å². The van der Waals surface area contributed by atoms with Gasteiger partial charge in [-0.3, -0.25) is 4.79 Å². The highest BCUT2D eigenvalue weighted by atomic mass is 32.2. The highest BCUT2D eigenvalue weighted by Crippen LogP contribution is 2.44. The third-order valence-electron chi connectivity index (χ3n) is 8.32. The quantitative estimate of drug-likeness (QED) is 0.501. The Morgan fingerprint density at radius 2 is 1.68 bits per heavy atom. The zero-order chi connectivity index (χ0) is 27.1. The van der Waals surface area contributed by atoms with Crippen molar-refractivity contribution in [3.05, 3.63) is 65.2 Å². The Balaban J connectivity index is 1.23. The Bertz CT molecular complexity index is 1320. The molecule has 0 unspecified atom stereocenters. The minimum atomic E-state index is -3.19. The molecule has 9 heteroatoms. The summed E-state index contributed by atoms with van der Waals surface area (Å²) < 4.78 is 32.5. The molecule has 5 rings (SSSR count). The van der Waals surface area contributed by atoms with Gasteiger partial charge in [-0.2, -0.15) is 4.31 Å². The number of rotatable bonds is 7. The van der Waals surface area contributed by atoms with Crippen molar-refractivity contribution < 1.29 is 22.7 Å². The lowest BCUT2D eigenvalue weighted by atomic mass is 9.83. The average molecular weight is 540 g/mol. The fourth-order valence-electron chi connectivity index (χ4n) is 5.89. The predicted molar refractivity (Wildman–Crippen MR) is 147 cm³/mol. The van der Waals surface area contributed by atoms with E-state index in [1.807, 2.05) is 68.1 Å². The van der Waals surface area contributed by atoms with E-state index < -0.39 is 21.0 Å². The van der Waals surface area contributed by atoms with Gasteiger partial charge in [-0.15, -0.1) is 0 Å². The Labute approximate surface area is 225 Å². The lowest BCUT2D eigenvalue weighted by molar-refractivity contribution is -0.136. The van der Waals surface area contributed by atoms with Crippen molar-refractivity contribution in [3.63, 3.8) is 0 Å². The Kier molecular flexibility index (Phi) is 7.02. The standard InChI is InChI=1S/C29H37N3O5S/c1-4-5-20-38(35,36)32-18-16-30(17-19-32)23-12-10-22(11-13-23)28(2,3)27(34)31-15-14-29(21-31)25-9-7-6-8-24(25)26(33)37-29/h6-13H,4-5,14-21H2,1-3H3/t29-/m0/s1. The van der Waals surface area contributed by atoms with Gasteiger partial charge in [0.25, 0.3) is 0 Å². The first-order valence-corrected chi connectivity index (χ1v) is 15.1. The van der Waals surface area contributed by atoms with Crippen LogP contribution in [-0.4, -0.2) is 74.5 Å². The molecule has 1 spiro atoms. The van der Waals surface area contributed by atoms with Crippen LogP contribution in [0.3, 0.4) is 0 Å². The fraction of sp³-hybridized carbons (Fsp3) is 0.517. The average Bonchev–Trinajstić information content (AvgIpc) is 3.48. The molecule has 38 heavy (non-hydrogen) atoms. The summed E-state index contributed by atoms with van der Waals surface area (Å²) in [7, 11) is -3.19. The molecule has 0 aromatic heterocycles. The summed E-state index contributed by atoms with van der Waals surface area (Å²) in [5.74, 6) is -0.0911. The van der Waals surface area contributed by atoms with Gasteiger partial charge in [-0.25, -0.2) is 13.2 Å². The van der Waals surface area contributed by atoms with Gasteiger partial charge >= 0.3 is 5.97 Å². The van der Waals surface area contributed by atoms with E-state index in [-0.39, 0.29) is 17.6 Å². The van der Waals surface area contributed by atoms with Crippen LogP contribution < -0.4 is 4.90 Å². The molecule has 2 saturated heterocycles. The first-order valence-electron chi connectivity index (χ1n) is 13.5. The van der Waals surface area contributed by atoms with Crippen LogP contribution in [0.4, 0.5) is 5.69 Å². The second-order valence-electron chi connectivity index (χ2n) is 11.1. The fourth-order valence-corrected chi connectivity index (χ4v) is 7.52. The minimum Gasteiger partial charge on any atom is -0.449 e. The Morgan fingerprint density at radius 1 is 1.00 bits per heavy atom. The van der Waals surface area contributed by atoms with Crippen molar-refractivity contribution >= 4 is 27.6 Å². The minimum absolute atomic E-state index is 0.00783. The largest absolute Gasteiger partial charge is 0.449 e. The summed E-state index contributed by atoms with van der Waals surface area (Å²) in [5.41, 5.74) is 1.90. The number of benzene rings is 2. The number of carbonyl (C=O) groups is 2. The van der Waals surface area contributed by atoms with E-state index in [0.29, 0.717) is 57.7 Å². The van der Waals surface area contributed by atoms with E-state index in [1.54, 1.807) is 10.4 Å².